The van der Waals surface area contributed by atoms with Crippen LogP contribution in [0.1, 0.15) is 12.0 Å². The molecule has 0 fully saturated rings. The van der Waals surface area contributed by atoms with Crippen molar-refractivity contribution in [2.45, 2.75) is 12.8 Å². The molecule has 0 saturated heterocycles. The van der Waals surface area contributed by atoms with Crippen LogP contribution in [0.3, 0.4) is 0 Å². The minimum atomic E-state index is -0.783. The Balaban J connectivity index is 2.94. The van der Waals surface area contributed by atoms with Crippen LogP contribution in [0.2, 0.25) is 5.02 Å². The number of rotatable bonds is 3. The van der Waals surface area contributed by atoms with Gasteiger partial charge in [0.2, 0.25) is 0 Å². The zero-order chi connectivity index (χ0) is 9.84. The molecule has 0 aliphatic carbocycles. The van der Waals surface area contributed by atoms with Crippen molar-refractivity contribution >= 4 is 17.9 Å². The molecule has 0 aliphatic rings. The molecule has 0 radical (unpaired) electrons. The van der Waals surface area contributed by atoms with Crippen LogP contribution in [0, 0.1) is 11.6 Å². The Kier molecular flexibility index (Phi) is 3.37. The van der Waals surface area contributed by atoms with Crippen LogP contribution in [-0.4, -0.2) is 6.29 Å². The van der Waals surface area contributed by atoms with E-state index in [4.69, 9.17) is 11.6 Å². The molecule has 1 aromatic rings. The molecule has 0 aliphatic heterocycles. The number of hydrogen-bond donors (Lipinski definition) is 0. The second-order valence-corrected chi connectivity index (χ2v) is 2.97. The summed E-state index contributed by atoms with van der Waals surface area (Å²) in [6.45, 7) is 0. The summed E-state index contributed by atoms with van der Waals surface area (Å²) in [7, 11) is 0. The van der Waals surface area contributed by atoms with Crippen LogP contribution in [0.4, 0.5) is 8.78 Å². The molecule has 13 heavy (non-hydrogen) atoms. The fourth-order valence-corrected chi connectivity index (χ4v) is 1.16. The lowest BCUT2D eigenvalue weighted by atomic mass is 10.1. The van der Waals surface area contributed by atoms with Crippen molar-refractivity contribution in [2.24, 2.45) is 0 Å². The number of halogens is 3. The quantitative estimate of drug-likeness (QED) is 0.547. The van der Waals surface area contributed by atoms with E-state index in [0.717, 1.165) is 6.07 Å². The summed E-state index contributed by atoms with van der Waals surface area (Å²) in [5, 5.41) is -0.123. The van der Waals surface area contributed by atoms with Crippen molar-refractivity contribution in [3.05, 3.63) is 34.4 Å². The summed E-state index contributed by atoms with van der Waals surface area (Å²) >= 11 is 5.43. The molecule has 0 saturated carbocycles. The highest BCUT2D eigenvalue weighted by molar-refractivity contribution is 6.30. The van der Waals surface area contributed by atoms with E-state index in [2.05, 4.69) is 0 Å². The smallest absolute Gasteiger partial charge is 0.144 e. The van der Waals surface area contributed by atoms with Gasteiger partial charge in [0.15, 0.2) is 0 Å². The Morgan fingerprint density at radius 1 is 1.31 bits per heavy atom. The van der Waals surface area contributed by atoms with Crippen LogP contribution in [0.15, 0.2) is 12.1 Å². The van der Waals surface area contributed by atoms with Gasteiger partial charge in [-0.3, -0.25) is 0 Å². The highest BCUT2D eigenvalue weighted by Gasteiger charge is 2.07. The summed E-state index contributed by atoms with van der Waals surface area (Å²) in [5.74, 6) is -1.45. The summed E-state index contributed by atoms with van der Waals surface area (Å²) < 4.78 is 25.6. The van der Waals surface area contributed by atoms with E-state index >= 15 is 0 Å². The topological polar surface area (TPSA) is 17.1 Å². The monoisotopic (exact) mass is 204 g/mol. The van der Waals surface area contributed by atoms with Crippen molar-refractivity contribution in [1.82, 2.24) is 0 Å². The predicted molar refractivity (Wildman–Crippen MR) is 45.8 cm³/mol. The average Bonchev–Trinajstić information content (AvgIpc) is 2.09. The van der Waals surface area contributed by atoms with E-state index in [1.807, 2.05) is 0 Å². The van der Waals surface area contributed by atoms with Gasteiger partial charge in [-0.15, -0.1) is 0 Å². The van der Waals surface area contributed by atoms with Gasteiger partial charge in [-0.05, 0) is 18.1 Å². The maximum absolute atomic E-state index is 12.9. The first kappa shape index (κ1) is 10.1. The number of carbonyl (C=O) groups is 1. The van der Waals surface area contributed by atoms with Gasteiger partial charge in [-0.1, -0.05) is 11.6 Å². The average molecular weight is 205 g/mol. The zero-order valence-electron chi connectivity index (χ0n) is 6.69. The molecule has 1 rings (SSSR count). The lowest BCUT2D eigenvalue weighted by molar-refractivity contribution is -0.107. The maximum atomic E-state index is 12.9. The zero-order valence-corrected chi connectivity index (χ0v) is 7.44. The SMILES string of the molecule is O=CCCc1cc(Cl)c(F)cc1F. The molecule has 0 heterocycles. The van der Waals surface area contributed by atoms with Crippen molar-refractivity contribution in [3.8, 4) is 0 Å². The first-order valence-electron chi connectivity index (χ1n) is 3.72. The number of benzene rings is 1. The lowest BCUT2D eigenvalue weighted by Crippen LogP contribution is -1.93. The van der Waals surface area contributed by atoms with Gasteiger partial charge < -0.3 is 4.79 Å². The summed E-state index contributed by atoms with van der Waals surface area (Å²) in [6, 6.07) is 1.93. The normalized spacial score (nSPS) is 10.1. The Morgan fingerprint density at radius 2 is 2.00 bits per heavy atom. The Hall–Kier alpha value is -0.960. The van der Waals surface area contributed by atoms with E-state index in [1.165, 1.54) is 6.07 Å². The van der Waals surface area contributed by atoms with Crippen LogP contribution >= 0.6 is 11.6 Å². The number of aryl methyl sites for hydroxylation is 1. The fourth-order valence-electron chi connectivity index (χ4n) is 0.970. The van der Waals surface area contributed by atoms with Crippen molar-refractivity contribution in [1.29, 1.82) is 0 Å². The van der Waals surface area contributed by atoms with Crippen LogP contribution in [-0.2, 0) is 11.2 Å². The minimum absolute atomic E-state index is 0.123. The molecule has 0 spiro atoms. The molecule has 1 aromatic carbocycles. The summed E-state index contributed by atoms with van der Waals surface area (Å²) in [5.41, 5.74) is 0.263. The van der Waals surface area contributed by atoms with Crippen molar-refractivity contribution < 1.29 is 13.6 Å². The first-order chi connectivity index (χ1) is 6.15. The standard InChI is InChI=1S/C9H7ClF2O/c10-7-4-6(2-1-3-13)8(11)5-9(7)12/h3-5H,1-2H2. The molecule has 0 bridgehead atoms. The Morgan fingerprint density at radius 3 is 2.62 bits per heavy atom. The van der Waals surface area contributed by atoms with Gasteiger partial charge in [-0.25, -0.2) is 8.78 Å². The fraction of sp³-hybridized carbons (Fsp3) is 0.222. The molecule has 1 nitrogen and oxygen atoms in total. The molecular weight excluding hydrogens is 198 g/mol. The van der Waals surface area contributed by atoms with E-state index < -0.39 is 11.6 Å². The second-order valence-electron chi connectivity index (χ2n) is 2.56. The van der Waals surface area contributed by atoms with Crippen LogP contribution in [0.5, 0.6) is 0 Å². The first-order valence-corrected chi connectivity index (χ1v) is 4.10. The van der Waals surface area contributed by atoms with E-state index in [1.54, 1.807) is 0 Å². The Bertz CT molecular complexity index is 326. The number of aldehydes is 1. The van der Waals surface area contributed by atoms with Gasteiger partial charge in [0.05, 0.1) is 5.02 Å². The molecule has 0 N–H and O–H groups in total. The van der Waals surface area contributed by atoms with Crippen LogP contribution < -0.4 is 0 Å². The van der Waals surface area contributed by atoms with Gasteiger partial charge >= 0.3 is 0 Å². The van der Waals surface area contributed by atoms with Crippen LogP contribution in [0.25, 0.3) is 0 Å². The Labute approximate surface area is 79.3 Å². The third-order valence-electron chi connectivity index (χ3n) is 1.62. The number of hydrogen-bond acceptors (Lipinski definition) is 1. The molecule has 0 atom stereocenters. The maximum Gasteiger partial charge on any atom is 0.144 e. The number of carbonyl (C=O) groups excluding carboxylic acids is 1. The second kappa shape index (κ2) is 4.33. The lowest BCUT2D eigenvalue weighted by Gasteiger charge is -2.01. The highest BCUT2D eigenvalue weighted by Crippen LogP contribution is 2.20. The highest BCUT2D eigenvalue weighted by atomic mass is 35.5. The molecule has 70 valence electrons. The third-order valence-corrected chi connectivity index (χ3v) is 1.91. The molecule has 4 heteroatoms. The molecular formula is C9H7ClF2O. The van der Waals surface area contributed by atoms with Crippen molar-refractivity contribution in [2.75, 3.05) is 0 Å². The van der Waals surface area contributed by atoms with Gasteiger partial charge in [-0.2, -0.15) is 0 Å². The van der Waals surface area contributed by atoms with E-state index in [0.29, 0.717) is 6.29 Å². The summed E-state index contributed by atoms with van der Waals surface area (Å²) in [6.07, 6.45) is 1.13. The largest absolute Gasteiger partial charge is 0.303 e. The molecule has 0 unspecified atom stereocenters. The van der Waals surface area contributed by atoms with Gasteiger partial charge in [0.1, 0.15) is 17.9 Å². The van der Waals surface area contributed by atoms with Crippen molar-refractivity contribution in [3.63, 3.8) is 0 Å². The van der Waals surface area contributed by atoms with Gasteiger partial charge in [0, 0.05) is 12.5 Å². The predicted octanol–water partition coefficient (Wildman–Crippen LogP) is 2.75. The molecule has 0 amide bonds. The summed E-state index contributed by atoms with van der Waals surface area (Å²) in [4.78, 5) is 10.0. The van der Waals surface area contributed by atoms with E-state index in [9.17, 15) is 13.6 Å². The van der Waals surface area contributed by atoms with Gasteiger partial charge in [0.25, 0.3) is 0 Å². The minimum Gasteiger partial charge on any atom is -0.303 e. The molecule has 0 aromatic heterocycles. The third kappa shape index (κ3) is 2.49. The van der Waals surface area contributed by atoms with E-state index in [-0.39, 0.29) is 23.4 Å².